The Morgan fingerprint density at radius 1 is 1.20 bits per heavy atom. The van der Waals surface area contributed by atoms with E-state index in [4.69, 9.17) is 0 Å². The first-order valence-electron chi connectivity index (χ1n) is 9.12. The van der Waals surface area contributed by atoms with Crippen LogP contribution in [0.3, 0.4) is 0 Å². The molecule has 1 saturated carbocycles. The molecule has 1 amide bonds. The van der Waals surface area contributed by atoms with Crippen LogP contribution in [-0.4, -0.2) is 39.6 Å². The van der Waals surface area contributed by atoms with Crippen molar-refractivity contribution in [2.75, 3.05) is 18.0 Å². The van der Waals surface area contributed by atoms with Crippen molar-refractivity contribution in [1.29, 1.82) is 0 Å². The summed E-state index contributed by atoms with van der Waals surface area (Å²) in [5.74, 6) is 1.62. The zero-order valence-corrected chi connectivity index (χ0v) is 14.9. The van der Waals surface area contributed by atoms with E-state index >= 15 is 0 Å². The predicted molar refractivity (Wildman–Crippen MR) is 96.9 cm³/mol. The lowest BCUT2D eigenvalue weighted by Gasteiger charge is -2.33. The number of pyridine rings is 1. The van der Waals surface area contributed by atoms with Crippen molar-refractivity contribution in [2.24, 2.45) is 7.05 Å². The number of anilines is 1. The average molecular weight is 339 g/mol. The summed E-state index contributed by atoms with van der Waals surface area (Å²) in [5.41, 5.74) is 2.68. The monoisotopic (exact) mass is 339 g/mol. The lowest BCUT2D eigenvalue weighted by atomic mass is 10.0. The summed E-state index contributed by atoms with van der Waals surface area (Å²) in [6, 6.07) is 4.17. The fourth-order valence-corrected chi connectivity index (χ4v) is 3.58. The second kappa shape index (κ2) is 6.50. The number of carbonyl (C=O) groups excluding carboxylic acids is 1. The van der Waals surface area contributed by atoms with Crippen LogP contribution >= 0.6 is 0 Å². The van der Waals surface area contributed by atoms with Crippen molar-refractivity contribution in [3.63, 3.8) is 0 Å². The van der Waals surface area contributed by atoms with Gasteiger partial charge in [-0.3, -0.25) is 9.78 Å². The quantitative estimate of drug-likeness (QED) is 0.929. The van der Waals surface area contributed by atoms with Crippen molar-refractivity contribution in [2.45, 2.75) is 44.6 Å². The molecule has 0 unspecified atom stereocenters. The van der Waals surface area contributed by atoms with E-state index in [1.807, 2.05) is 43.1 Å². The smallest absolute Gasteiger partial charge is 0.253 e. The number of nitrogens with zero attached hydrogens (tertiary/aromatic N) is 4. The van der Waals surface area contributed by atoms with Crippen LogP contribution in [0.25, 0.3) is 0 Å². The van der Waals surface area contributed by atoms with E-state index in [1.54, 1.807) is 0 Å². The Labute approximate surface area is 148 Å². The van der Waals surface area contributed by atoms with E-state index in [2.05, 4.69) is 20.2 Å². The minimum absolute atomic E-state index is 0.00258. The number of aryl methyl sites for hydroxylation is 2. The van der Waals surface area contributed by atoms with Gasteiger partial charge in [0.1, 0.15) is 0 Å². The van der Waals surface area contributed by atoms with Gasteiger partial charge in [0.25, 0.3) is 5.91 Å². The van der Waals surface area contributed by atoms with Gasteiger partial charge in [-0.1, -0.05) is 0 Å². The third-order valence-corrected chi connectivity index (χ3v) is 5.26. The molecule has 1 aliphatic heterocycles. The number of nitrogens with one attached hydrogen (secondary N) is 1. The molecule has 1 N–H and O–H groups in total. The number of aromatic nitrogens is 3. The summed E-state index contributed by atoms with van der Waals surface area (Å²) in [4.78, 5) is 23.9. The molecule has 3 heterocycles. The molecule has 0 radical (unpaired) electrons. The van der Waals surface area contributed by atoms with Crippen molar-refractivity contribution in [1.82, 2.24) is 19.9 Å². The molecule has 25 heavy (non-hydrogen) atoms. The van der Waals surface area contributed by atoms with E-state index in [0.717, 1.165) is 43.3 Å². The van der Waals surface area contributed by atoms with Gasteiger partial charge in [-0.05, 0) is 44.7 Å². The van der Waals surface area contributed by atoms with Crippen LogP contribution < -0.4 is 10.2 Å². The third kappa shape index (κ3) is 3.38. The van der Waals surface area contributed by atoms with Crippen LogP contribution in [0.4, 0.5) is 5.95 Å². The van der Waals surface area contributed by atoms with Gasteiger partial charge in [-0.25, -0.2) is 4.98 Å². The van der Waals surface area contributed by atoms with Crippen LogP contribution in [0.15, 0.2) is 24.5 Å². The summed E-state index contributed by atoms with van der Waals surface area (Å²) in [7, 11) is 2.01. The maximum atomic E-state index is 12.6. The van der Waals surface area contributed by atoms with Gasteiger partial charge >= 0.3 is 0 Å². The summed E-state index contributed by atoms with van der Waals surface area (Å²) < 4.78 is 2.04. The van der Waals surface area contributed by atoms with Crippen LogP contribution in [0.1, 0.15) is 53.3 Å². The Kier molecular flexibility index (Phi) is 4.19. The fourth-order valence-electron chi connectivity index (χ4n) is 3.58. The van der Waals surface area contributed by atoms with Gasteiger partial charge in [0.2, 0.25) is 5.95 Å². The van der Waals surface area contributed by atoms with E-state index in [-0.39, 0.29) is 11.9 Å². The van der Waals surface area contributed by atoms with E-state index < -0.39 is 0 Å². The molecule has 1 saturated heterocycles. The third-order valence-electron chi connectivity index (χ3n) is 5.26. The number of imidazole rings is 1. The minimum atomic E-state index is 0.00258. The highest BCUT2D eigenvalue weighted by atomic mass is 16.1. The lowest BCUT2D eigenvalue weighted by molar-refractivity contribution is 0.0930. The van der Waals surface area contributed by atoms with Gasteiger partial charge in [0, 0.05) is 50.2 Å². The molecule has 0 atom stereocenters. The second-order valence-electron chi connectivity index (χ2n) is 7.22. The zero-order chi connectivity index (χ0) is 17.4. The molecule has 6 nitrogen and oxygen atoms in total. The second-order valence-corrected chi connectivity index (χ2v) is 7.22. The van der Waals surface area contributed by atoms with Gasteiger partial charge < -0.3 is 14.8 Å². The first-order valence-corrected chi connectivity index (χ1v) is 9.12. The summed E-state index contributed by atoms with van der Waals surface area (Å²) in [6.45, 7) is 3.76. The number of hydrogen-bond acceptors (Lipinski definition) is 4. The highest BCUT2D eigenvalue weighted by Gasteiger charge is 2.27. The standard InChI is InChI=1S/C19H25N5O/c1-13-16(5-6-17(21-13)14-3-4-14)18(25)22-15-7-10-24(11-8-15)19-20-9-12-23(19)2/h5-6,9,12,14-15H,3-4,7-8,10-11H2,1-2H3,(H,22,25). The van der Waals surface area contributed by atoms with Gasteiger partial charge in [-0.15, -0.1) is 0 Å². The molecule has 4 rings (SSSR count). The van der Waals surface area contributed by atoms with Crippen LogP contribution in [0.2, 0.25) is 0 Å². The SMILES string of the molecule is Cc1nc(C2CC2)ccc1C(=O)NC1CCN(c2nccn2C)CC1. The molecule has 2 aliphatic rings. The van der Waals surface area contributed by atoms with Crippen molar-refractivity contribution in [3.05, 3.63) is 41.5 Å². The highest BCUT2D eigenvalue weighted by molar-refractivity contribution is 5.95. The topological polar surface area (TPSA) is 63.1 Å². The molecule has 132 valence electrons. The van der Waals surface area contributed by atoms with Crippen molar-refractivity contribution >= 4 is 11.9 Å². The number of rotatable bonds is 4. The fraction of sp³-hybridized carbons (Fsp3) is 0.526. The molecule has 6 heteroatoms. The van der Waals surface area contributed by atoms with E-state index in [0.29, 0.717) is 11.5 Å². The van der Waals surface area contributed by atoms with E-state index in [1.165, 1.54) is 12.8 Å². The normalized spacial score (nSPS) is 18.4. The maximum Gasteiger partial charge on any atom is 0.253 e. The number of carbonyl (C=O) groups is 1. The van der Waals surface area contributed by atoms with Gasteiger partial charge in [0.05, 0.1) is 11.3 Å². The Bertz CT molecular complexity index is 772. The number of amides is 1. The maximum absolute atomic E-state index is 12.6. The molecule has 2 aromatic heterocycles. The molecule has 0 aromatic carbocycles. The molecule has 2 fully saturated rings. The van der Waals surface area contributed by atoms with Crippen molar-refractivity contribution < 1.29 is 4.79 Å². The minimum Gasteiger partial charge on any atom is -0.349 e. The van der Waals surface area contributed by atoms with E-state index in [9.17, 15) is 4.79 Å². The molecular weight excluding hydrogens is 314 g/mol. The predicted octanol–water partition coefficient (Wildman–Crippen LogP) is 2.40. The van der Waals surface area contributed by atoms with Gasteiger partial charge in [-0.2, -0.15) is 0 Å². The largest absolute Gasteiger partial charge is 0.349 e. The average Bonchev–Trinajstić information content (AvgIpc) is 3.37. The van der Waals surface area contributed by atoms with Gasteiger partial charge in [0.15, 0.2) is 0 Å². The first kappa shape index (κ1) is 16.1. The van der Waals surface area contributed by atoms with Crippen molar-refractivity contribution in [3.8, 4) is 0 Å². The zero-order valence-electron chi connectivity index (χ0n) is 14.9. The van der Waals surface area contributed by atoms with Crippen LogP contribution in [-0.2, 0) is 7.05 Å². The highest BCUT2D eigenvalue weighted by Crippen LogP contribution is 2.39. The lowest BCUT2D eigenvalue weighted by Crippen LogP contribution is -2.45. The summed E-state index contributed by atoms with van der Waals surface area (Å²) in [5, 5.41) is 3.19. The molecule has 0 spiro atoms. The number of piperidine rings is 1. The summed E-state index contributed by atoms with van der Waals surface area (Å²) >= 11 is 0. The summed E-state index contributed by atoms with van der Waals surface area (Å²) in [6.07, 6.45) is 8.12. The molecule has 0 bridgehead atoms. The molecular formula is C19H25N5O. The number of hydrogen-bond donors (Lipinski definition) is 1. The Balaban J connectivity index is 1.35. The first-order chi connectivity index (χ1) is 12.1. The Morgan fingerprint density at radius 3 is 2.56 bits per heavy atom. The van der Waals surface area contributed by atoms with Crippen LogP contribution in [0, 0.1) is 6.92 Å². The van der Waals surface area contributed by atoms with Crippen LogP contribution in [0.5, 0.6) is 0 Å². The molecule has 2 aromatic rings. The Morgan fingerprint density at radius 2 is 1.96 bits per heavy atom. The Hall–Kier alpha value is -2.37. The molecule has 1 aliphatic carbocycles.